The molecule has 2 nitrogen and oxygen atoms in total. The molecule has 0 radical (unpaired) electrons. The van der Waals surface area contributed by atoms with E-state index in [0.29, 0.717) is 6.04 Å². The van der Waals surface area contributed by atoms with Gasteiger partial charge in [0.15, 0.2) is 0 Å². The van der Waals surface area contributed by atoms with Crippen molar-refractivity contribution in [2.45, 2.75) is 36.2 Å². The highest BCUT2D eigenvalue weighted by molar-refractivity contribution is 7.99. The largest absolute Gasteiger partial charge is 0.296 e. The van der Waals surface area contributed by atoms with Crippen LogP contribution < -0.4 is 5.32 Å². The van der Waals surface area contributed by atoms with Crippen LogP contribution in [0.5, 0.6) is 0 Å². The van der Waals surface area contributed by atoms with Gasteiger partial charge >= 0.3 is 0 Å². The normalized spacial score (nSPS) is 18.4. The van der Waals surface area contributed by atoms with E-state index < -0.39 is 5.54 Å². The summed E-state index contributed by atoms with van der Waals surface area (Å²) in [6.07, 6.45) is 2.39. The molecule has 2 rings (SSSR count). The predicted molar refractivity (Wildman–Crippen MR) is 72.4 cm³/mol. The van der Waals surface area contributed by atoms with Gasteiger partial charge in [-0.3, -0.25) is 5.32 Å². The van der Waals surface area contributed by atoms with Crippen LogP contribution in [0, 0.1) is 11.3 Å². The van der Waals surface area contributed by atoms with Crippen LogP contribution in [0.1, 0.15) is 19.8 Å². The fourth-order valence-corrected chi connectivity index (χ4v) is 2.60. The van der Waals surface area contributed by atoms with Crippen molar-refractivity contribution in [1.82, 2.24) is 5.32 Å². The molecule has 0 aromatic heterocycles. The quantitative estimate of drug-likeness (QED) is 0.829. The third-order valence-corrected chi connectivity index (χ3v) is 4.27. The van der Waals surface area contributed by atoms with E-state index in [2.05, 4.69) is 11.4 Å². The molecule has 1 unspecified atom stereocenters. The Labute approximate surface area is 111 Å². The van der Waals surface area contributed by atoms with Gasteiger partial charge < -0.3 is 0 Å². The summed E-state index contributed by atoms with van der Waals surface area (Å²) in [6, 6.07) is 10.6. The average molecular weight is 267 g/mol. The van der Waals surface area contributed by atoms with Gasteiger partial charge in [-0.05, 0) is 44.0 Å². The number of benzene rings is 1. The van der Waals surface area contributed by atoms with Gasteiger partial charge in [0.2, 0.25) is 0 Å². The van der Waals surface area contributed by atoms with E-state index in [9.17, 15) is 5.26 Å². The van der Waals surface area contributed by atoms with Gasteiger partial charge in [-0.1, -0.05) is 11.6 Å². The summed E-state index contributed by atoms with van der Waals surface area (Å²) in [5.41, 5.74) is -0.439. The Morgan fingerprint density at radius 1 is 1.47 bits per heavy atom. The van der Waals surface area contributed by atoms with Gasteiger partial charge in [0.05, 0.1) is 6.07 Å². The second kappa shape index (κ2) is 5.30. The van der Waals surface area contributed by atoms with Crippen molar-refractivity contribution in [3.63, 3.8) is 0 Å². The first-order chi connectivity index (χ1) is 8.11. The lowest BCUT2D eigenvalue weighted by Gasteiger charge is -2.22. The monoisotopic (exact) mass is 266 g/mol. The lowest BCUT2D eigenvalue weighted by Crippen LogP contribution is -2.44. The maximum absolute atomic E-state index is 9.24. The SMILES string of the molecule is CC(C#N)(CSc1ccc(Cl)cc1)NC1CC1. The average Bonchev–Trinajstić information content (AvgIpc) is 3.12. The summed E-state index contributed by atoms with van der Waals surface area (Å²) in [5.74, 6) is 0.752. The Bertz CT molecular complexity index is 422. The van der Waals surface area contributed by atoms with E-state index in [1.165, 1.54) is 12.8 Å². The maximum Gasteiger partial charge on any atom is 0.113 e. The van der Waals surface area contributed by atoms with Crippen LogP contribution >= 0.6 is 23.4 Å². The summed E-state index contributed by atoms with van der Waals surface area (Å²) in [7, 11) is 0. The Hall–Kier alpha value is -0.690. The van der Waals surface area contributed by atoms with Gasteiger partial charge in [0, 0.05) is 21.7 Å². The Morgan fingerprint density at radius 2 is 2.12 bits per heavy atom. The molecule has 1 atom stereocenters. The molecule has 0 heterocycles. The highest BCUT2D eigenvalue weighted by atomic mass is 35.5. The van der Waals surface area contributed by atoms with Gasteiger partial charge in [0.25, 0.3) is 0 Å². The number of hydrogen-bond acceptors (Lipinski definition) is 3. The van der Waals surface area contributed by atoms with Crippen LogP contribution in [0.2, 0.25) is 5.02 Å². The highest BCUT2D eigenvalue weighted by Gasteiger charge is 2.32. The van der Waals surface area contributed by atoms with Crippen LogP contribution in [0.15, 0.2) is 29.2 Å². The van der Waals surface area contributed by atoms with Crippen LogP contribution in [0.3, 0.4) is 0 Å². The van der Waals surface area contributed by atoms with E-state index >= 15 is 0 Å². The summed E-state index contributed by atoms with van der Waals surface area (Å²) in [4.78, 5) is 1.15. The zero-order valence-corrected chi connectivity index (χ0v) is 11.3. The highest BCUT2D eigenvalue weighted by Crippen LogP contribution is 2.27. The Balaban J connectivity index is 1.91. The number of thioether (sulfide) groups is 1. The molecule has 1 N–H and O–H groups in total. The number of nitrogens with zero attached hydrogens (tertiary/aromatic N) is 1. The van der Waals surface area contributed by atoms with Crippen molar-refractivity contribution < 1.29 is 0 Å². The number of nitriles is 1. The number of rotatable bonds is 5. The molecule has 0 saturated heterocycles. The molecule has 0 amide bonds. The first kappa shape index (κ1) is 12.8. The maximum atomic E-state index is 9.24. The zero-order valence-electron chi connectivity index (χ0n) is 9.74. The minimum absolute atomic E-state index is 0.439. The molecule has 1 aromatic carbocycles. The van der Waals surface area contributed by atoms with E-state index in [0.717, 1.165) is 15.7 Å². The standard InChI is InChI=1S/C13H15ClN2S/c1-13(8-15,16-11-4-5-11)9-17-12-6-2-10(14)3-7-12/h2-3,6-7,11,16H,4-5,9H2,1H3. The molecule has 0 spiro atoms. The third-order valence-electron chi connectivity index (χ3n) is 2.69. The van der Waals surface area contributed by atoms with E-state index in [-0.39, 0.29) is 0 Å². The van der Waals surface area contributed by atoms with Crippen LogP contribution in [-0.2, 0) is 0 Å². The Kier molecular flexibility index (Phi) is 3.98. The van der Waals surface area contributed by atoms with Crippen molar-refractivity contribution in [3.8, 4) is 6.07 Å². The van der Waals surface area contributed by atoms with E-state index in [1.807, 2.05) is 31.2 Å². The van der Waals surface area contributed by atoms with Gasteiger partial charge in [-0.25, -0.2) is 0 Å². The molecule has 4 heteroatoms. The zero-order chi connectivity index (χ0) is 12.3. The molecule has 1 saturated carbocycles. The van der Waals surface area contributed by atoms with Crippen molar-refractivity contribution in [3.05, 3.63) is 29.3 Å². The number of nitrogens with one attached hydrogen (secondary N) is 1. The molecule has 0 aliphatic heterocycles. The van der Waals surface area contributed by atoms with Crippen molar-refractivity contribution in [1.29, 1.82) is 5.26 Å². The fraction of sp³-hybridized carbons (Fsp3) is 0.462. The minimum atomic E-state index is -0.439. The summed E-state index contributed by atoms with van der Waals surface area (Å²) in [6.45, 7) is 1.97. The minimum Gasteiger partial charge on any atom is -0.296 e. The fourth-order valence-electron chi connectivity index (χ4n) is 1.54. The number of hydrogen-bond donors (Lipinski definition) is 1. The van der Waals surface area contributed by atoms with E-state index in [1.54, 1.807) is 11.8 Å². The number of halogens is 1. The predicted octanol–water partition coefficient (Wildman–Crippen LogP) is 3.47. The van der Waals surface area contributed by atoms with Gasteiger partial charge in [-0.2, -0.15) is 5.26 Å². The third kappa shape index (κ3) is 3.92. The molecular weight excluding hydrogens is 252 g/mol. The lowest BCUT2D eigenvalue weighted by atomic mass is 10.1. The van der Waals surface area contributed by atoms with Gasteiger partial charge in [-0.15, -0.1) is 11.8 Å². The molecule has 1 aromatic rings. The molecule has 90 valence electrons. The van der Waals surface area contributed by atoms with Crippen molar-refractivity contribution in [2.75, 3.05) is 5.75 Å². The first-order valence-corrected chi connectivity index (χ1v) is 7.05. The van der Waals surface area contributed by atoms with Crippen LogP contribution in [-0.4, -0.2) is 17.3 Å². The molecular formula is C13H15ClN2S. The summed E-state index contributed by atoms with van der Waals surface area (Å²) < 4.78 is 0. The second-order valence-corrected chi connectivity index (χ2v) is 6.09. The first-order valence-electron chi connectivity index (χ1n) is 5.69. The molecule has 1 aliphatic carbocycles. The van der Waals surface area contributed by atoms with Crippen LogP contribution in [0.4, 0.5) is 0 Å². The van der Waals surface area contributed by atoms with Crippen LogP contribution in [0.25, 0.3) is 0 Å². The van der Waals surface area contributed by atoms with Crippen molar-refractivity contribution in [2.24, 2.45) is 0 Å². The van der Waals surface area contributed by atoms with E-state index in [4.69, 9.17) is 11.6 Å². The molecule has 1 aliphatic rings. The molecule has 17 heavy (non-hydrogen) atoms. The topological polar surface area (TPSA) is 35.8 Å². The summed E-state index contributed by atoms with van der Waals surface area (Å²) >= 11 is 7.52. The second-order valence-electron chi connectivity index (χ2n) is 4.61. The smallest absolute Gasteiger partial charge is 0.113 e. The summed E-state index contributed by atoms with van der Waals surface area (Å²) in [5, 5.41) is 13.4. The molecule has 0 bridgehead atoms. The molecule has 1 fully saturated rings. The van der Waals surface area contributed by atoms with Gasteiger partial charge in [0.1, 0.15) is 5.54 Å². The van der Waals surface area contributed by atoms with Crippen molar-refractivity contribution >= 4 is 23.4 Å². The Morgan fingerprint density at radius 3 is 2.65 bits per heavy atom. The lowest BCUT2D eigenvalue weighted by molar-refractivity contribution is 0.490.